The first-order valence-corrected chi connectivity index (χ1v) is 9.43. The van der Waals surface area contributed by atoms with Crippen molar-refractivity contribution in [2.24, 2.45) is 11.7 Å². The summed E-state index contributed by atoms with van der Waals surface area (Å²) in [4.78, 5) is 29.4. The molecule has 1 atom stereocenters. The average molecular weight is 375 g/mol. The molecule has 0 aliphatic heterocycles. The first kappa shape index (κ1) is 20.1. The lowest BCUT2D eigenvalue weighted by Gasteiger charge is -2.14. The van der Waals surface area contributed by atoms with Crippen LogP contribution in [-0.4, -0.2) is 29.4 Å². The number of thiazole rings is 1. The summed E-state index contributed by atoms with van der Waals surface area (Å²) in [6, 6.07) is 7.71. The number of nitrogens with one attached hydrogen (secondary N) is 2. The highest BCUT2D eigenvalue weighted by atomic mass is 32.1. The second-order valence-corrected chi connectivity index (χ2v) is 7.81. The average Bonchev–Trinajstić information content (AvgIpc) is 2.91. The van der Waals surface area contributed by atoms with Crippen LogP contribution in [0.1, 0.15) is 35.5 Å². The minimum atomic E-state index is -0.620. The highest BCUT2D eigenvalue weighted by Crippen LogP contribution is 2.25. The van der Waals surface area contributed by atoms with Crippen molar-refractivity contribution in [1.82, 2.24) is 10.3 Å². The van der Waals surface area contributed by atoms with Crippen LogP contribution >= 0.6 is 11.3 Å². The van der Waals surface area contributed by atoms with Crippen LogP contribution in [0.15, 0.2) is 24.3 Å². The Balaban J connectivity index is 1.92. The quantitative estimate of drug-likeness (QED) is 0.693. The molecular formula is C19H26N4O2S. The summed E-state index contributed by atoms with van der Waals surface area (Å²) in [6.07, 6.45) is 0.779. The molecule has 1 aromatic heterocycles. The Labute approximate surface area is 158 Å². The second-order valence-electron chi connectivity index (χ2n) is 6.73. The van der Waals surface area contributed by atoms with Crippen LogP contribution in [0.3, 0.4) is 0 Å². The van der Waals surface area contributed by atoms with E-state index in [9.17, 15) is 9.59 Å². The third-order valence-corrected chi connectivity index (χ3v) is 5.10. The molecule has 0 aliphatic rings. The number of rotatable bonds is 7. The number of aromatic nitrogens is 1. The molecule has 1 aromatic carbocycles. The third-order valence-electron chi connectivity index (χ3n) is 4.03. The normalized spacial score (nSPS) is 12.1. The predicted molar refractivity (Wildman–Crippen MR) is 105 cm³/mol. The summed E-state index contributed by atoms with van der Waals surface area (Å²) in [7, 11) is 0. The van der Waals surface area contributed by atoms with Gasteiger partial charge in [0.25, 0.3) is 0 Å². The molecule has 26 heavy (non-hydrogen) atoms. The van der Waals surface area contributed by atoms with Crippen LogP contribution < -0.4 is 16.4 Å². The molecule has 0 bridgehead atoms. The molecule has 0 aliphatic carbocycles. The molecule has 1 heterocycles. The van der Waals surface area contributed by atoms with Gasteiger partial charge in [-0.05, 0) is 25.3 Å². The number of nitrogens with zero attached hydrogens (tertiary/aromatic N) is 1. The molecule has 0 unspecified atom stereocenters. The van der Waals surface area contributed by atoms with Crippen LogP contribution in [-0.2, 0) is 16.0 Å². The van der Waals surface area contributed by atoms with E-state index in [1.54, 1.807) is 0 Å². The monoisotopic (exact) mass is 374 g/mol. The standard InChI is InChI=1S/C19H26N4O2S/c1-11(2)17(20)18(25)21-10-16(24)23-19-22-13(4)15(26-19)9-14-7-5-6-12(3)8-14/h5-8,11,17H,9-10,20H2,1-4H3,(H,21,25)(H,22,23,24)/t17-/m0/s1. The molecule has 2 amide bonds. The largest absolute Gasteiger partial charge is 0.346 e. The van der Waals surface area contributed by atoms with Gasteiger partial charge < -0.3 is 16.4 Å². The second kappa shape index (κ2) is 8.91. The van der Waals surface area contributed by atoms with Crippen LogP contribution in [0.25, 0.3) is 0 Å². The summed E-state index contributed by atoms with van der Waals surface area (Å²) in [5.41, 5.74) is 9.08. The van der Waals surface area contributed by atoms with Gasteiger partial charge in [-0.25, -0.2) is 4.98 Å². The van der Waals surface area contributed by atoms with Crippen LogP contribution in [0.5, 0.6) is 0 Å². The van der Waals surface area contributed by atoms with Gasteiger partial charge in [0, 0.05) is 11.3 Å². The summed E-state index contributed by atoms with van der Waals surface area (Å²) < 4.78 is 0. The molecule has 0 saturated carbocycles. The maximum atomic E-state index is 12.0. The zero-order chi connectivity index (χ0) is 19.3. The number of aryl methyl sites for hydroxylation is 2. The summed E-state index contributed by atoms with van der Waals surface area (Å²) in [5, 5.41) is 5.83. The Morgan fingerprint density at radius 3 is 2.65 bits per heavy atom. The van der Waals surface area contributed by atoms with E-state index in [1.807, 2.05) is 26.8 Å². The number of benzene rings is 1. The van der Waals surface area contributed by atoms with Gasteiger partial charge in [-0.3, -0.25) is 9.59 Å². The van der Waals surface area contributed by atoms with Crippen LogP contribution in [0.2, 0.25) is 0 Å². The van der Waals surface area contributed by atoms with E-state index in [-0.39, 0.29) is 24.3 Å². The summed E-state index contributed by atoms with van der Waals surface area (Å²) in [6.45, 7) is 7.59. The fraction of sp³-hybridized carbons (Fsp3) is 0.421. The molecule has 7 heteroatoms. The number of hydrogen-bond acceptors (Lipinski definition) is 5. The fourth-order valence-corrected chi connectivity index (χ4v) is 3.42. The van der Waals surface area contributed by atoms with E-state index >= 15 is 0 Å². The topological polar surface area (TPSA) is 97.1 Å². The summed E-state index contributed by atoms with van der Waals surface area (Å²) >= 11 is 1.45. The number of carbonyl (C=O) groups is 2. The van der Waals surface area contributed by atoms with Crippen molar-refractivity contribution < 1.29 is 9.59 Å². The Bertz CT molecular complexity index is 786. The van der Waals surface area contributed by atoms with Crippen molar-refractivity contribution in [1.29, 1.82) is 0 Å². The number of anilines is 1. The van der Waals surface area contributed by atoms with E-state index < -0.39 is 6.04 Å². The summed E-state index contributed by atoms with van der Waals surface area (Å²) in [5.74, 6) is -0.625. The van der Waals surface area contributed by atoms with Gasteiger partial charge in [0.1, 0.15) is 0 Å². The van der Waals surface area contributed by atoms with Crippen molar-refractivity contribution in [3.63, 3.8) is 0 Å². The van der Waals surface area contributed by atoms with Gasteiger partial charge in [0.15, 0.2) is 5.13 Å². The van der Waals surface area contributed by atoms with E-state index in [1.165, 1.54) is 22.5 Å². The Hall–Kier alpha value is -2.25. The first-order chi connectivity index (χ1) is 12.3. The molecule has 2 aromatic rings. The lowest BCUT2D eigenvalue weighted by molar-refractivity contribution is -0.125. The molecule has 0 spiro atoms. The predicted octanol–water partition coefficient (Wildman–Crippen LogP) is 2.39. The van der Waals surface area contributed by atoms with Gasteiger partial charge in [-0.2, -0.15) is 0 Å². The Morgan fingerprint density at radius 1 is 1.27 bits per heavy atom. The van der Waals surface area contributed by atoms with Crippen molar-refractivity contribution in [2.45, 2.75) is 40.2 Å². The highest BCUT2D eigenvalue weighted by molar-refractivity contribution is 7.15. The number of nitrogens with two attached hydrogens (primary N) is 1. The molecule has 0 radical (unpaired) electrons. The molecule has 0 fully saturated rings. The van der Waals surface area contributed by atoms with Gasteiger partial charge in [-0.15, -0.1) is 11.3 Å². The Morgan fingerprint density at radius 2 is 2.00 bits per heavy atom. The third kappa shape index (κ3) is 5.64. The zero-order valence-corrected chi connectivity index (χ0v) is 16.4. The van der Waals surface area contributed by atoms with E-state index in [2.05, 4.69) is 40.7 Å². The molecule has 6 nitrogen and oxygen atoms in total. The van der Waals surface area contributed by atoms with E-state index in [0.29, 0.717) is 5.13 Å². The van der Waals surface area contributed by atoms with Crippen molar-refractivity contribution in [3.05, 3.63) is 46.0 Å². The molecular weight excluding hydrogens is 348 g/mol. The van der Waals surface area contributed by atoms with Gasteiger partial charge >= 0.3 is 0 Å². The highest BCUT2D eigenvalue weighted by Gasteiger charge is 2.18. The lowest BCUT2D eigenvalue weighted by Crippen LogP contribution is -2.46. The molecule has 140 valence electrons. The fourth-order valence-electron chi connectivity index (χ4n) is 2.40. The number of amides is 2. The van der Waals surface area contributed by atoms with Crippen molar-refractivity contribution in [2.75, 3.05) is 11.9 Å². The van der Waals surface area contributed by atoms with Gasteiger partial charge in [0.2, 0.25) is 11.8 Å². The molecule has 4 N–H and O–H groups in total. The van der Waals surface area contributed by atoms with Gasteiger partial charge in [0.05, 0.1) is 18.3 Å². The minimum absolute atomic E-state index is 0.0175. The van der Waals surface area contributed by atoms with Crippen LogP contribution in [0, 0.1) is 19.8 Å². The SMILES string of the molecule is Cc1cccc(Cc2sc(NC(=O)CNC(=O)[C@@H](N)C(C)C)nc2C)c1. The number of hydrogen-bond donors (Lipinski definition) is 3. The van der Waals surface area contributed by atoms with Crippen molar-refractivity contribution >= 4 is 28.3 Å². The molecule has 0 saturated heterocycles. The molecule has 2 rings (SSSR count). The maximum absolute atomic E-state index is 12.0. The van der Waals surface area contributed by atoms with Gasteiger partial charge in [-0.1, -0.05) is 43.7 Å². The lowest BCUT2D eigenvalue weighted by atomic mass is 10.1. The number of carbonyl (C=O) groups excluding carboxylic acids is 2. The first-order valence-electron chi connectivity index (χ1n) is 8.61. The van der Waals surface area contributed by atoms with Crippen LogP contribution in [0.4, 0.5) is 5.13 Å². The van der Waals surface area contributed by atoms with E-state index in [4.69, 9.17) is 5.73 Å². The maximum Gasteiger partial charge on any atom is 0.245 e. The smallest absolute Gasteiger partial charge is 0.245 e. The minimum Gasteiger partial charge on any atom is -0.346 e. The van der Waals surface area contributed by atoms with E-state index in [0.717, 1.165) is 17.0 Å². The van der Waals surface area contributed by atoms with Crippen molar-refractivity contribution in [3.8, 4) is 0 Å². The Kier molecular flexibility index (Phi) is 6.88. The zero-order valence-electron chi connectivity index (χ0n) is 15.6.